The molecule has 2 aromatic carbocycles. The van der Waals surface area contributed by atoms with E-state index >= 15 is 0 Å². The van der Waals surface area contributed by atoms with E-state index < -0.39 is 11.4 Å². The Labute approximate surface area is 148 Å². The number of hydrogen-bond donors (Lipinski definition) is 2. The summed E-state index contributed by atoms with van der Waals surface area (Å²) in [6.07, 6.45) is 0. The standard InChI is InChI=1S/C17H14FN5OS/c1-11-15(21-20-12-7-3-2-4-8-12)16(24)23(22-11)17(25)19-14-10-6-5-9-13(14)18/h2-10,22H,1H3,(H,19,25). The largest absolute Gasteiger partial charge is 0.328 e. The molecule has 8 heteroatoms. The molecule has 6 nitrogen and oxygen atoms in total. The van der Waals surface area contributed by atoms with Crippen molar-refractivity contribution in [1.82, 2.24) is 9.78 Å². The Morgan fingerprint density at radius 2 is 1.80 bits per heavy atom. The third-order valence-corrected chi connectivity index (χ3v) is 3.67. The Morgan fingerprint density at radius 1 is 1.12 bits per heavy atom. The highest BCUT2D eigenvalue weighted by Gasteiger charge is 2.14. The number of H-pyrrole nitrogens is 1. The van der Waals surface area contributed by atoms with Crippen LogP contribution in [-0.4, -0.2) is 14.9 Å². The molecule has 0 bridgehead atoms. The number of hydrogen-bond acceptors (Lipinski definition) is 4. The minimum atomic E-state index is -0.467. The summed E-state index contributed by atoms with van der Waals surface area (Å²) in [5.74, 6) is -0.467. The zero-order valence-corrected chi connectivity index (χ0v) is 14.0. The lowest BCUT2D eigenvalue weighted by molar-refractivity contribution is 0.632. The van der Waals surface area contributed by atoms with Gasteiger partial charge in [0.1, 0.15) is 5.82 Å². The van der Waals surface area contributed by atoms with Crippen LogP contribution in [-0.2, 0) is 0 Å². The van der Waals surface area contributed by atoms with Crippen molar-refractivity contribution < 1.29 is 4.39 Å². The van der Waals surface area contributed by atoms with Gasteiger partial charge in [0, 0.05) is 0 Å². The van der Waals surface area contributed by atoms with Gasteiger partial charge in [0.25, 0.3) is 0 Å². The maximum absolute atomic E-state index is 13.7. The third-order valence-electron chi connectivity index (χ3n) is 3.38. The predicted molar refractivity (Wildman–Crippen MR) is 98.4 cm³/mol. The van der Waals surface area contributed by atoms with Gasteiger partial charge in [-0.1, -0.05) is 30.3 Å². The number of aryl methyl sites for hydroxylation is 1. The molecule has 0 aliphatic carbocycles. The van der Waals surface area contributed by atoms with E-state index in [0.29, 0.717) is 11.4 Å². The lowest BCUT2D eigenvalue weighted by Gasteiger charge is -2.08. The average Bonchev–Trinajstić information content (AvgIpc) is 2.90. The second kappa shape index (κ2) is 7.18. The zero-order chi connectivity index (χ0) is 17.8. The average molecular weight is 355 g/mol. The number of benzene rings is 2. The number of halogens is 1. The molecular weight excluding hydrogens is 341 g/mol. The van der Waals surface area contributed by atoms with E-state index in [1.165, 1.54) is 12.1 Å². The molecule has 0 unspecified atom stereocenters. The second-order valence-electron chi connectivity index (χ2n) is 5.17. The van der Waals surface area contributed by atoms with Gasteiger partial charge in [0.2, 0.25) is 0 Å². The van der Waals surface area contributed by atoms with Crippen LogP contribution >= 0.6 is 12.2 Å². The molecular formula is C17H14FN5OS. The Balaban J connectivity index is 1.87. The lowest BCUT2D eigenvalue weighted by Crippen LogP contribution is -2.29. The molecule has 1 heterocycles. The summed E-state index contributed by atoms with van der Waals surface area (Å²) < 4.78 is 14.8. The zero-order valence-electron chi connectivity index (χ0n) is 13.2. The molecule has 126 valence electrons. The van der Waals surface area contributed by atoms with Crippen LogP contribution in [0, 0.1) is 12.7 Å². The van der Waals surface area contributed by atoms with Crippen molar-refractivity contribution in [1.29, 1.82) is 0 Å². The van der Waals surface area contributed by atoms with Gasteiger partial charge in [0.15, 0.2) is 10.8 Å². The van der Waals surface area contributed by atoms with Gasteiger partial charge in [-0.15, -0.1) is 5.11 Å². The van der Waals surface area contributed by atoms with Gasteiger partial charge in [-0.2, -0.15) is 9.80 Å². The minimum absolute atomic E-state index is 0.0133. The lowest BCUT2D eigenvalue weighted by atomic mass is 10.3. The van der Waals surface area contributed by atoms with E-state index in [4.69, 9.17) is 12.2 Å². The summed E-state index contributed by atoms with van der Waals surface area (Å²) in [6, 6.07) is 15.1. The highest BCUT2D eigenvalue weighted by Crippen LogP contribution is 2.18. The van der Waals surface area contributed by atoms with Crippen molar-refractivity contribution in [3.05, 3.63) is 76.5 Å². The maximum Gasteiger partial charge on any atom is 0.301 e. The van der Waals surface area contributed by atoms with Crippen LogP contribution in [0.25, 0.3) is 0 Å². The Kier molecular flexibility index (Phi) is 4.80. The van der Waals surface area contributed by atoms with Crippen molar-refractivity contribution in [2.45, 2.75) is 6.92 Å². The number of para-hydroxylation sites is 1. The molecule has 0 spiro atoms. The molecule has 0 radical (unpaired) electrons. The minimum Gasteiger partial charge on any atom is -0.328 e. The molecule has 1 aromatic heterocycles. The fraction of sp³-hybridized carbons (Fsp3) is 0.0588. The first kappa shape index (κ1) is 16.7. The van der Waals surface area contributed by atoms with Crippen LogP contribution in [0.5, 0.6) is 0 Å². The Morgan fingerprint density at radius 3 is 2.52 bits per heavy atom. The van der Waals surface area contributed by atoms with Crippen molar-refractivity contribution in [2.75, 3.05) is 5.32 Å². The second-order valence-corrected chi connectivity index (χ2v) is 5.56. The molecule has 3 rings (SSSR count). The SMILES string of the molecule is Cc1[nH]n(C(=S)Nc2ccccc2F)c(=O)c1N=Nc1ccccc1. The number of nitrogens with zero attached hydrogens (tertiary/aromatic N) is 3. The first-order valence-corrected chi connectivity index (χ1v) is 7.81. The molecule has 0 amide bonds. The molecule has 0 saturated heterocycles. The number of nitrogens with one attached hydrogen (secondary N) is 2. The van der Waals surface area contributed by atoms with Crippen LogP contribution in [0.1, 0.15) is 5.69 Å². The number of azo groups is 1. The number of aromatic nitrogens is 2. The van der Waals surface area contributed by atoms with E-state index in [1.807, 2.05) is 18.2 Å². The first-order chi connectivity index (χ1) is 12.1. The number of aromatic amines is 1. The summed E-state index contributed by atoms with van der Waals surface area (Å²) in [6.45, 7) is 1.68. The third kappa shape index (κ3) is 3.69. The Hall–Kier alpha value is -3.13. The summed E-state index contributed by atoms with van der Waals surface area (Å²) in [5.41, 5.74) is 0.982. The highest BCUT2D eigenvalue weighted by atomic mass is 32.1. The van der Waals surface area contributed by atoms with Crippen LogP contribution in [0.15, 0.2) is 69.6 Å². The van der Waals surface area contributed by atoms with Crippen molar-refractivity contribution in [3.63, 3.8) is 0 Å². The monoisotopic (exact) mass is 355 g/mol. The van der Waals surface area contributed by atoms with Crippen LogP contribution in [0.3, 0.4) is 0 Å². The molecule has 2 N–H and O–H groups in total. The van der Waals surface area contributed by atoms with Gasteiger partial charge in [-0.3, -0.25) is 9.89 Å². The molecule has 0 aliphatic heterocycles. The first-order valence-electron chi connectivity index (χ1n) is 7.40. The van der Waals surface area contributed by atoms with E-state index in [0.717, 1.165) is 4.68 Å². The summed E-state index contributed by atoms with van der Waals surface area (Å²) in [4.78, 5) is 12.5. The van der Waals surface area contributed by atoms with Gasteiger partial charge in [-0.05, 0) is 43.4 Å². The van der Waals surface area contributed by atoms with Crippen molar-refractivity contribution >= 4 is 34.4 Å². The smallest absolute Gasteiger partial charge is 0.301 e. The summed E-state index contributed by atoms with van der Waals surface area (Å²) in [7, 11) is 0. The van der Waals surface area contributed by atoms with Crippen molar-refractivity contribution in [3.8, 4) is 0 Å². The summed E-state index contributed by atoms with van der Waals surface area (Å²) in [5, 5.41) is 13.6. The fourth-order valence-corrected chi connectivity index (χ4v) is 2.37. The molecule has 0 saturated carbocycles. The Bertz CT molecular complexity index is 994. The molecule has 0 aliphatic rings. The normalized spacial score (nSPS) is 11.0. The number of rotatable bonds is 3. The van der Waals surface area contributed by atoms with Crippen LogP contribution in [0.2, 0.25) is 0 Å². The molecule has 0 atom stereocenters. The fourth-order valence-electron chi connectivity index (χ4n) is 2.13. The maximum atomic E-state index is 13.7. The van der Waals surface area contributed by atoms with E-state index in [-0.39, 0.29) is 16.5 Å². The van der Waals surface area contributed by atoms with Crippen LogP contribution in [0.4, 0.5) is 21.5 Å². The molecule has 25 heavy (non-hydrogen) atoms. The molecule has 3 aromatic rings. The topological polar surface area (TPSA) is 74.5 Å². The number of thiocarbonyl (C=S) groups is 1. The highest BCUT2D eigenvalue weighted by molar-refractivity contribution is 7.80. The van der Waals surface area contributed by atoms with Crippen LogP contribution < -0.4 is 10.9 Å². The van der Waals surface area contributed by atoms with Gasteiger partial charge < -0.3 is 5.32 Å². The molecule has 0 fully saturated rings. The van der Waals surface area contributed by atoms with Crippen molar-refractivity contribution in [2.24, 2.45) is 10.2 Å². The van der Waals surface area contributed by atoms with Gasteiger partial charge in [0.05, 0.1) is 17.1 Å². The number of anilines is 1. The van der Waals surface area contributed by atoms with Gasteiger partial charge in [-0.25, -0.2) is 4.39 Å². The quantitative estimate of drug-likeness (QED) is 0.544. The van der Waals surface area contributed by atoms with E-state index in [1.54, 1.807) is 31.2 Å². The predicted octanol–water partition coefficient (Wildman–Crippen LogP) is 4.28. The van der Waals surface area contributed by atoms with Gasteiger partial charge >= 0.3 is 5.56 Å². The summed E-state index contributed by atoms with van der Waals surface area (Å²) >= 11 is 5.18. The van der Waals surface area contributed by atoms with E-state index in [2.05, 4.69) is 20.6 Å². The van der Waals surface area contributed by atoms with E-state index in [9.17, 15) is 9.18 Å².